The lowest BCUT2D eigenvalue weighted by Crippen LogP contribution is -2.04. The monoisotopic (exact) mass is 164 g/mol. The largest absolute Gasteiger partial charge is 0.294 e. The average molecular weight is 164 g/mol. The van der Waals surface area contributed by atoms with Crippen molar-refractivity contribution in [2.45, 2.75) is 45.4 Å². The first-order valence-electron chi connectivity index (χ1n) is 5.04. The Kier molecular flexibility index (Phi) is 2.03. The van der Waals surface area contributed by atoms with Crippen LogP contribution in [0.5, 0.6) is 0 Å². The highest BCUT2D eigenvalue weighted by atomic mass is 16.1. The van der Waals surface area contributed by atoms with E-state index >= 15 is 0 Å². The van der Waals surface area contributed by atoms with Gasteiger partial charge in [-0.2, -0.15) is 0 Å². The maximum absolute atomic E-state index is 11.6. The molecule has 0 radical (unpaired) electrons. The zero-order chi connectivity index (χ0) is 8.55. The van der Waals surface area contributed by atoms with Crippen molar-refractivity contribution in [3.8, 4) is 0 Å². The smallest absolute Gasteiger partial charge is 0.161 e. The summed E-state index contributed by atoms with van der Waals surface area (Å²) in [6.07, 6.45) is 7.18. The predicted molar refractivity (Wildman–Crippen MR) is 48.9 cm³/mol. The van der Waals surface area contributed by atoms with Crippen LogP contribution in [0.1, 0.15) is 45.4 Å². The molecule has 0 amide bonds. The van der Waals surface area contributed by atoms with Crippen molar-refractivity contribution in [3.63, 3.8) is 0 Å². The molecule has 0 aliphatic heterocycles. The van der Waals surface area contributed by atoms with E-state index in [1.165, 1.54) is 36.8 Å². The Balaban J connectivity index is 2.23. The minimum absolute atomic E-state index is 0.313. The summed E-state index contributed by atoms with van der Waals surface area (Å²) in [7, 11) is 0. The van der Waals surface area contributed by atoms with E-state index in [1.807, 2.05) is 0 Å². The minimum Gasteiger partial charge on any atom is -0.294 e. The van der Waals surface area contributed by atoms with Gasteiger partial charge in [-0.25, -0.2) is 0 Å². The Morgan fingerprint density at radius 1 is 1.17 bits per heavy atom. The molecule has 0 spiro atoms. The normalized spacial score (nSPS) is 30.4. The molecule has 0 aromatic carbocycles. The van der Waals surface area contributed by atoms with E-state index in [9.17, 15) is 4.79 Å². The maximum atomic E-state index is 11.6. The highest BCUT2D eigenvalue weighted by Gasteiger charge is 2.28. The number of hydrogen-bond donors (Lipinski definition) is 0. The summed E-state index contributed by atoms with van der Waals surface area (Å²) in [5.74, 6) is 0.764. The molecule has 0 saturated heterocycles. The first kappa shape index (κ1) is 8.03. The third-order valence-corrected chi connectivity index (χ3v) is 3.21. The molecule has 2 aliphatic rings. The number of ketones is 1. The van der Waals surface area contributed by atoms with Crippen molar-refractivity contribution in [3.05, 3.63) is 11.1 Å². The van der Waals surface area contributed by atoms with Crippen molar-refractivity contribution in [1.82, 2.24) is 0 Å². The Bertz CT molecular complexity index is 229. The van der Waals surface area contributed by atoms with Crippen LogP contribution in [0.4, 0.5) is 0 Å². The lowest BCUT2D eigenvalue weighted by molar-refractivity contribution is -0.117. The first-order valence-corrected chi connectivity index (χ1v) is 5.04. The lowest BCUT2D eigenvalue weighted by atomic mass is 10.0. The van der Waals surface area contributed by atoms with Gasteiger partial charge in [-0.3, -0.25) is 4.79 Å². The highest BCUT2D eigenvalue weighted by molar-refractivity contribution is 5.99. The van der Waals surface area contributed by atoms with Crippen LogP contribution in [-0.2, 0) is 4.79 Å². The molecule has 0 N–H and O–H groups in total. The van der Waals surface area contributed by atoms with Gasteiger partial charge >= 0.3 is 0 Å². The van der Waals surface area contributed by atoms with Gasteiger partial charge in [0.05, 0.1) is 0 Å². The summed E-state index contributed by atoms with van der Waals surface area (Å²) in [5, 5.41) is 0. The second kappa shape index (κ2) is 3.04. The summed E-state index contributed by atoms with van der Waals surface area (Å²) in [5.41, 5.74) is 2.70. The van der Waals surface area contributed by atoms with E-state index in [2.05, 4.69) is 6.92 Å². The Hall–Kier alpha value is -0.590. The second-order valence-corrected chi connectivity index (χ2v) is 4.09. The Morgan fingerprint density at radius 2 is 1.83 bits per heavy atom. The molecule has 1 nitrogen and oxygen atoms in total. The van der Waals surface area contributed by atoms with Gasteiger partial charge in [-0.1, -0.05) is 12.5 Å². The van der Waals surface area contributed by atoms with E-state index in [0.717, 1.165) is 12.8 Å². The fraction of sp³-hybridized carbons (Fsp3) is 0.727. The average Bonchev–Trinajstić information content (AvgIpc) is 2.64. The van der Waals surface area contributed by atoms with Gasteiger partial charge in [0.15, 0.2) is 5.78 Å². The van der Waals surface area contributed by atoms with Crippen LogP contribution in [0.3, 0.4) is 0 Å². The molecule has 12 heavy (non-hydrogen) atoms. The van der Waals surface area contributed by atoms with E-state index in [4.69, 9.17) is 0 Å². The molecule has 2 fully saturated rings. The highest BCUT2D eigenvalue weighted by Crippen LogP contribution is 2.35. The van der Waals surface area contributed by atoms with Gasteiger partial charge in [0.25, 0.3) is 0 Å². The molecule has 1 heteroatoms. The topological polar surface area (TPSA) is 17.1 Å². The van der Waals surface area contributed by atoms with E-state index in [1.54, 1.807) is 0 Å². The fourth-order valence-corrected chi connectivity index (χ4v) is 2.37. The van der Waals surface area contributed by atoms with Crippen LogP contribution in [0.25, 0.3) is 0 Å². The van der Waals surface area contributed by atoms with Crippen LogP contribution < -0.4 is 0 Å². The molecule has 2 saturated carbocycles. The van der Waals surface area contributed by atoms with Gasteiger partial charge in [-0.15, -0.1) is 0 Å². The van der Waals surface area contributed by atoms with Gasteiger partial charge in [0.1, 0.15) is 0 Å². The van der Waals surface area contributed by atoms with Gasteiger partial charge in [0.2, 0.25) is 0 Å². The first-order chi connectivity index (χ1) is 5.79. The van der Waals surface area contributed by atoms with Crippen LogP contribution in [0, 0.1) is 5.92 Å². The molecule has 0 aromatic rings. The fourth-order valence-electron chi connectivity index (χ4n) is 2.37. The summed E-state index contributed by atoms with van der Waals surface area (Å²) in [6.45, 7) is 2.06. The van der Waals surface area contributed by atoms with E-state index in [0.29, 0.717) is 11.7 Å². The Morgan fingerprint density at radius 3 is 2.33 bits per heavy atom. The molecule has 1 unspecified atom stereocenters. The summed E-state index contributed by atoms with van der Waals surface area (Å²) < 4.78 is 0. The molecule has 1 atom stereocenters. The van der Waals surface area contributed by atoms with Crippen molar-refractivity contribution < 1.29 is 4.79 Å². The van der Waals surface area contributed by atoms with Crippen molar-refractivity contribution >= 4 is 5.78 Å². The molecule has 2 aliphatic carbocycles. The van der Waals surface area contributed by atoms with Crippen LogP contribution in [0.2, 0.25) is 0 Å². The SMILES string of the molecule is CC1CCC(=C2CCCC2)C1=O. The predicted octanol–water partition coefficient (Wildman–Crippen LogP) is 2.86. The van der Waals surface area contributed by atoms with Crippen LogP contribution in [0.15, 0.2) is 11.1 Å². The molecule has 2 rings (SSSR count). The molecular formula is C11H16O. The van der Waals surface area contributed by atoms with Crippen molar-refractivity contribution in [2.24, 2.45) is 5.92 Å². The second-order valence-electron chi connectivity index (χ2n) is 4.09. The standard InChI is InChI=1S/C11H16O/c1-8-6-7-10(11(8)12)9-4-2-3-5-9/h8H,2-7H2,1H3. The number of carbonyl (C=O) groups is 1. The Labute approximate surface area is 73.8 Å². The third-order valence-electron chi connectivity index (χ3n) is 3.21. The van der Waals surface area contributed by atoms with Gasteiger partial charge in [-0.05, 0) is 44.1 Å². The van der Waals surface area contributed by atoms with E-state index in [-0.39, 0.29) is 0 Å². The van der Waals surface area contributed by atoms with Gasteiger partial charge in [0, 0.05) is 5.92 Å². The molecule has 66 valence electrons. The van der Waals surface area contributed by atoms with Crippen molar-refractivity contribution in [2.75, 3.05) is 0 Å². The lowest BCUT2D eigenvalue weighted by Gasteiger charge is -2.01. The zero-order valence-corrected chi connectivity index (χ0v) is 7.73. The minimum atomic E-state index is 0.313. The van der Waals surface area contributed by atoms with Crippen molar-refractivity contribution in [1.29, 1.82) is 0 Å². The summed E-state index contributed by atoms with van der Waals surface area (Å²) in [6, 6.07) is 0. The zero-order valence-electron chi connectivity index (χ0n) is 7.73. The quantitative estimate of drug-likeness (QED) is 0.503. The number of hydrogen-bond acceptors (Lipinski definition) is 1. The summed E-state index contributed by atoms with van der Waals surface area (Å²) in [4.78, 5) is 11.6. The summed E-state index contributed by atoms with van der Waals surface area (Å²) >= 11 is 0. The molecule has 0 bridgehead atoms. The number of Topliss-reactive ketones (excluding diaryl/α,β-unsaturated/α-hetero) is 1. The molecular weight excluding hydrogens is 148 g/mol. The number of carbonyl (C=O) groups excluding carboxylic acids is 1. The molecule has 0 aromatic heterocycles. The number of rotatable bonds is 0. The van der Waals surface area contributed by atoms with Gasteiger partial charge < -0.3 is 0 Å². The van der Waals surface area contributed by atoms with Crippen LogP contribution in [-0.4, -0.2) is 5.78 Å². The van der Waals surface area contributed by atoms with Crippen LogP contribution >= 0.6 is 0 Å². The maximum Gasteiger partial charge on any atom is 0.161 e. The molecule has 0 heterocycles. The number of allylic oxidation sites excluding steroid dienone is 2. The third kappa shape index (κ3) is 1.21. The van der Waals surface area contributed by atoms with E-state index < -0.39 is 0 Å².